The van der Waals surface area contributed by atoms with Gasteiger partial charge in [-0.2, -0.15) is 0 Å². The Balaban J connectivity index is 1.71. The number of fused-ring (bicyclic) bond motifs is 1. The summed E-state index contributed by atoms with van der Waals surface area (Å²) in [6.45, 7) is 1.26. The molecule has 0 aliphatic rings. The first kappa shape index (κ1) is 17.9. The van der Waals surface area contributed by atoms with Crippen molar-refractivity contribution in [2.24, 2.45) is 0 Å². The van der Waals surface area contributed by atoms with E-state index in [-0.39, 0.29) is 0 Å². The van der Waals surface area contributed by atoms with Gasteiger partial charge in [0.1, 0.15) is 11.6 Å². The number of nitrogens with zero attached hydrogens (tertiary/aromatic N) is 3. The van der Waals surface area contributed by atoms with E-state index in [1.807, 2.05) is 66.7 Å². The third-order valence-corrected chi connectivity index (χ3v) is 4.27. The molecule has 0 fully saturated rings. The molecule has 2 heterocycles. The van der Waals surface area contributed by atoms with Crippen LogP contribution in [0.15, 0.2) is 72.9 Å². The number of rotatable bonds is 7. The van der Waals surface area contributed by atoms with Gasteiger partial charge in [0.05, 0.1) is 17.8 Å². The smallest absolute Gasteiger partial charge is 0.163 e. The predicted octanol–water partition coefficient (Wildman–Crippen LogP) is 4.49. The van der Waals surface area contributed by atoms with Crippen LogP contribution >= 0.6 is 0 Å². The van der Waals surface area contributed by atoms with Crippen molar-refractivity contribution in [2.45, 2.75) is 0 Å². The molecule has 0 aliphatic carbocycles. The van der Waals surface area contributed by atoms with Gasteiger partial charge in [-0.25, -0.2) is 9.97 Å². The molecular weight excluding hydrogens is 350 g/mol. The maximum Gasteiger partial charge on any atom is 0.163 e. The Morgan fingerprint density at radius 2 is 1.71 bits per heavy atom. The molecule has 0 unspecified atom stereocenters. The van der Waals surface area contributed by atoms with Crippen molar-refractivity contribution in [1.29, 1.82) is 0 Å². The van der Waals surface area contributed by atoms with Crippen LogP contribution in [0.1, 0.15) is 0 Å². The fraction of sp³-hybridized carbons (Fsp3) is 0.136. The van der Waals surface area contributed by atoms with Crippen LogP contribution in [0.4, 0.5) is 17.3 Å². The maximum absolute atomic E-state index is 5.12. The molecule has 140 valence electrons. The monoisotopic (exact) mass is 371 g/mol. The van der Waals surface area contributed by atoms with Gasteiger partial charge in [0.2, 0.25) is 0 Å². The summed E-state index contributed by atoms with van der Waals surface area (Å²) in [5.74, 6) is 2.09. The quantitative estimate of drug-likeness (QED) is 0.466. The number of benzene rings is 2. The molecule has 0 spiro atoms. The molecule has 2 aromatic carbocycles. The van der Waals surface area contributed by atoms with Gasteiger partial charge in [0.15, 0.2) is 5.82 Å². The Bertz CT molecular complexity index is 1060. The van der Waals surface area contributed by atoms with Gasteiger partial charge in [-0.05, 0) is 12.1 Å². The first-order valence-electron chi connectivity index (χ1n) is 9.11. The summed E-state index contributed by atoms with van der Waals surface area (Å²) >= 11 is 0. The first-order chi connectivity index (χ1) is 13.8. The number of ether oxygens (including phenoxy) is 1. The van der Waals surface area contributed by atoms with Gasteiger partial charge in [0, 0.05) is 36.9 Å². The average Bonchev–Trinajstić information content (AvgIpc) is 2.75. The molecule has 0 saturated carbocycles. The number of hydrogen-bond acceptors (Lipinski definition) is 6. The van der Waals surface area contributed by atoms with Crippen LogP contribution in [0.25, 0.3) is 22.3 Å². The van der Waals surface area contributed by atoms with Crippen molar-refractivity contribution in [3.63, 3.8) is 0 Å². The van der Waals surface area contributed by atoms with E-state index >= 15 is 0 Å². The molecule has 0 atom stereocenters. The van der Waals surface area contributed by atoms with E-state index in [9.17, 15) is 0 Å². The van der Waals surface area contributed by atoms with Crippen molar-refractivity contribution < 1.29 is 4.74 Å². The summed E-state index contributed by atoms with van der Waals surface area (Å²) in [7, 11) is 1.68. The summed E-state index contributed by atoms with van der Waals surface area (Å²) in [5, 5.41) is 7.76. The minimum Gasteiger partial charge on any atom is -0.383 e. The zero-order valence-corrected chi connectivity index (χ0v) is 15.6. The van der Waals surface area contributed by atoms with Gasteiger partial charge in [-0.1, -0.05) is 48.5 Å². The molecule has 0 radical (unpaired) electrons. The minimum absolute atomic E-state index is 0.598. The Labute approximate surface area is 163 Å². The Hall–Kier alpha value is -3.51. The van der Waals surface area contributed by atoms with Gasteiger partial charge in [-0.15, -0.1) is 0 Å². The number of pyridine rings is 1. The molecular formula is C22H21N5O. The van der Waals surface area contributed by atoms with Crippen molar-refractivity contribution in [1.82, 2.24) is 15.0 Å². The second kappa shape index (κ2) is 8.45. The third-order valence-electron chi connectivity index (χ3n) is 4.27. The highest BCUT2D eigenvalue weighted by Gasteiger charge is 2.09. The van der Waals surface area contributed by atoms with Crippen LogP contribution in [0.2, 0.25) is 0 Å². The van der Waals surface area contributed by atoms with Crippen LogP contribution < -0.4 is 10.6 Å². The standard InChI is InChI=1S/C22H21N5O/c1-28-14-13-23-19-15-20(27-22(26-19)17-7-3-2-4-8-17)25-18-11-5-9-16-10-6-12-24-21(16)18/h2-12,15H,13-14H2,1H3,(H2,23,25,26,27). The van der Waals surface area contributed by atoms with Crippen LogP contribution in [0.5, 0.6) is 0 Å². The van der Waals surface area contributed by atoms with E-state index in [1.54, 1.807) is 13.3 Å². The molecule has 6 heteroatoms. The third kappa shape index (κ3) is 4.07. The van der Waals surface area contributed by atoms with Gasteiger partial charge < -0.3 is 15.4 Å². The van der Waals surface area contributed by atoms with Gasteiger partial charge in [-0.3, -0.25) is 4.98 Å². The van der Waals surface area contributed by atoms with Crippen molar-refractivity contribution >= 4 is 28.2 Å². The predicted molar refractivity (Wildman–Crippen MR) is 113 cm³/mol. The molecule has 6 nitrogen and oxygen atoms in total. The number of hydrogen-bond donors (Lipinski definition) is 2. The van der Waals surface area contributed by atoms with Crippen molar-refractivity contribution in [3.05, 3.63) is 72.9 Å². The maximum atomic E-state index is 5.12. The zero-order chi connectivity index (χ0) is 19.2. The van der Waals surface area contributed by atoms with Crippen molar-refractivity contribution in [2.75, 3.05) is 30.9 Å². The highest BCUT2D eigenvalue weighted by molar-refractivity contribution is 5.91. The first-order valence-corrected chi connectivity index (χ1v) is 9.11. The highest BCUT2D eigenvalue weighted by Crippen LogP contribution is 2.26. The Kier molecular flexibility index (Phi) is 5.40. The molecule has 0 amide bonds. The lowest BCUT2D eigenvalue weighted by Gasteiger charge is -2.12. The summed E-state index contributed by atoms with van der Waals surface area (Å²) in [5.41, 5.74) is 2.76. The summed E-state index contributed by atoms with van der Waals surface area (Å²) < 4.78 is 5.12. The number of anilines is 3. The van der Waals surface area contributed by atoms with Crippen LogP contribution in [0, 0.1) is 0 Å². The second-order valence-electron chi connectivity index (χ2n) is 6.25. The summed E-state index contributed by atoms with van der Waals surface area (Å²) in [6.07, 6.45) is 1.79. The molecule has 0 bridgehead atoms. The lowest BCUT2D eigenvalue weighted by molar-refractivity contribution is 0.210. The van der Waals surface area contributed by atoms with Crippen LogP contribution in [-0.2, 0) is 4.74 Å². The van der Waals surface area contributed by atoms with Crippen LogP contribution in [0.3, 0.4) is 0 Å². The highest BCUT2D eigenvalue weighted by atomic mass is 16.5. The Morgan fingerprint density at radius 1 is 0.893 bits per heavy atom. The summed E-state index contributed by atoms with van der Waals surface area (Å²) in [4.78, 5) is 13.9. The molecule has 0 saturated heterocycles. The van der Waals surface area contributed by atoms with E-state index in [2.05, 4.69) is 20.6 Å². The number of aromatic nitrogens is 3. The van der Waals surface area contributed by atoms with E-state index in [1.165, 1.54) is 0 Å². The van der Waals surface area contributed by atoms with Crippen molar-refractivity contribution in [3.8, 4) is 11.4 Å². The van der Waals surface area contributed by atoms with Gasteiger partial charge in [0.25, 0.3) is 0 Å². The zero-order valence-electron chi connectivity index (χ0n) is 15.6. The average molecular weight is 371 g/mol. The fourth-order valence-electron chi connectivity index (χ4n) is 2.94. The Morgan fingerprint density at radius 3 is 2.57 bits per heavy atom. The molecule has 2 aromatic heterocycles. The van der Waals surface area contributed by atoms with Gasteiger partial charge >= 0.3 is 0 Å². The van der Waals surface area contributed by atoms with Crippen LogP contribution in [-0.4, -0.2) is 35.2 Å². The van der Waals surface area contributed by atoms with E-state index in [0.29, 0.717) is 24.8 Å². The molecule has 0 aliphatic heterocycles. The summed E-state index contributed by atoms with van der Waals surface area (Å²) in [6, 6.07) is 21.8. The fourth-order valence-corrected chi connectivity index (χ4v) is 2.94. The van der Waals surface area contributed by atoms with E-state index in [4.69, 9.17) is 9.72 Å². The number of para-hydroxylation sites is 1. The second-order valence-corrected chi connectivity index (χ2v) is 6.25. The SMILES string of the molecule is COCCNc1cc(Nc2cccc3cccnc23)nc(-c2ccccc2)n1. The number of methoxy groups -OCH3 is 1. The van der Waals surface area contributed by atoms with E-state index in [0.717, 1.165) is 28.0 Å². The molecule has 2 N–H and O–H groups in total. The molecule has 4 aromatic rings. The lowest BCUT2D eigenvalue weighted by Crippen LogP contribution is -2.10. The normalized spacial score (nSPS) is 10.8. The lowest BCUT2D eigenvalue weighted by atomic mass is 10.2. The topological polar surface area (TPSA) is 72.0 Å². The number of nitrogens with one attached hydrogen (secondary N) is 2. The van der Waals surface area contributed by atoms with E-state index < -0.39 is 0 Å². The molecule has 4 rings (SSSR count). The minimum atomic E-state index is 0.598. The largest absolute Gasteiger partial charge is 0.383 e. The molecule has 28 heavy (non-hydrogen) atoms.